The van der Waals surface area contributed by atoms with Crippen molar-refractivity contribution in [3.05, 3.63) is 0 Å². The molecule has 0 aromatic carbocycles. The van der Waals surface area contributed by atoms with Crippen molar-refractivity contribution in [3.8, 4) is 12.3 Å². The normalized spacial score (nSPS) is 10.3. The van der Waals surface area contributed by atoms with Gasteiger partial charge in [-0.3, -0.25) is 0 Å². The Bertz CT molecular complexity index is 203. The zero-order chi connectivity index (χ0) is 10.3. The Labute approximate surface area is 79.8 Å². The van der Waals surface area contributed by atoms with Crippen molar-refractivity contribution >= 4 is 6.09 Å². The van der Waals surface area contributed by atoms with Gasteiger partial charge in [0.15, 0.2) is 5.60 Å². The molecule has 3 heteroatoms. The summed E-state index contributed by atoms with van der Waals surface area (Å²) in [5, 5.41) is 2.62. The van der Waals surface area contributed by atoms with Gasteiger partial charge in [-0.1, -0.05) is 19.3 Å². The van der Waals surface area contributed by atoms with Crippen molar-refractivity contribution in [2.24, 2.45) is 0 Å². The molecular formula is C10H17NO2. The first kappa shape index (κ1) is 11.8. The molecule has 0 radical (unpaired) electrons. The Morgan fingerprint density at radius 2 is 2.23 bits per heavy atom. The molecule has 74 valence electrons. The number of hydrogen-bond donors (Lipinski definition) is 1. The zero-order valence-electron chi connectivity index (χ0n) is 8.52. The Morgan fingerprint density at radius 3 is 2.69 bits per heavy atom. The Hall–Kier alpha value is -1.17. The smallest absolute Gasteiger partial charge is 0.408 e. The van der Waals surface area contributed by atoms with Gasteiger partial charge in [-0.05, 0) is 20.3 Å². The van der Waals surface area contributed by atoms with Gasteiger partial charge in [0.05, 0.1) is 0 Å². The number of ether oxygens (including phenoxy) is 1. The van der Waals surface area contributed by atoms with Crippen molar-refractivity contribution in [1.29, 1.82) is 0 Å². The number of alkyl carbamates (subject to hydrolysis) is 1. The van der Waals surface area contributed by atoms with Crippen molar-refractivity contribution in [2.45, 2.75) is 39.2 Å². The van der Waals surface area contributed by atoms with Crippen LogP contribution < -0.4 is 5.32 Å². The summed E-state index contributed by atoms with van der Waals surface area (Å²) in [4.78, 5) is 11.1. The first-order valence-corrected chi connectivity index (χ1v) is 4.46. The SMILES string of the molecule is C#CC(C)(C)OC(=O)NCCCC. The van der Waals surface area contributed by atoms with E-state index in [0.717, 1.165) is 12.8 Å². The van der Waals surface area contributed by atoms with Crippen LogP contribution in [0.25, 0.3) is 0 Å². The molecule has 1 N–H and O–H groups in total. The van der Waals surface area contributed by atoms with Crippen LogP contribution in [0, 0.1) is 12.3 Å². The van der Waals surface area contributed by atoms with Crippen LogP contribution in [0.5, 0.6) is 0 Å². The second kappa shape index (κ2) is 5.47. The van der Waals surface area contributed by atoms with Crippen LogP contribution in [0.2, 0.25) is 0 Å². The summed E-state index contributed by atoms with van der Waals surface area (Å²) in [6.45, 7) is 6.03. The van der Waals surface area contributed by atoms with Gasteiger partial charge in [-0.25, -0.2) is 4.79 Å². The van der Waals surface area contributed by atoms with Crippen LogP contribution in [0.1, 0.15) is 33.6 Å². The van der Waals surface area contributed by atoms with Crippen LogP contribution in [0.15, 0.2) is 0 Å². The molecule has 0 bridgehead atoms. The predicted octanol–water partition coefficient (Wildman–Crippen LogP) is 1.92. The van der Waals surface area contributed by atoms with E-state index in [2.05, 4.69) is 18.2 Å². The molecule has 0 aliphatic rings. The summed E-state index contributed by atoms with van der Waals surface area (Å²) in [5.74, 6) is 2.38. The molecule has 0 spiro atoms. The zero-order valence-corrected chi connectivity index (χ0v) is 8.52. The van der Waals surface area contributed by atoms with E-state index in [-0.39, 0.29) is 0 Å². The number of hydrogen-bond acceptors (Lipinski definition) is 2. The molecule has 0 aromatic heterocycles. The average Bonchev–Trinajstić information content (AvgIpc) is 2.04. The first-order chi connectivity index (χ1) is 6.02. The van der Waals surface area contributed by atoms with Crippen LogP contribution >= 0.6 is 0 Å². The van der Waals surface area contributed by atoms with E-state index < -0.39 is 11.7 Å². The number of carbonyl (C=O) groups excluding carboxylic acids is 1. The Kier molecular flexibility index (Phi) is 4.98. The number of unbranched alkanes of at least 4 members (excludes halogenated alkanes) is 1. The minimum atomic E-state index is -0.823. The summed E-state index contributed by atoms with van der Waals surface area (Å²) >= 11 is 0. The molecule has 0 aromatic rings. The van der Waals surface area contributed by atoms with Gasteiger partial charge in [0.2, 0.25) is 0 Å². The van der Waals surface area contributed by atoms with Crippen molar-refractivity contribution in [1.82, 2.24) is 5.32 Å². The van der Waals surface area contributed by atoms with E-state index in [4.69, 9.17) is 11.2 Å². The highest BCUT2D eigenvalue weighted by atomic mass is 16.6. The highest BCUT2D eigenvalue weighted by Gasteiger charge is 2.18. The predicted molar refractivity (Wildman–Crippen MR) is 52.3 cm³/mol. The highest BCUT2D eigenvalue weighted by Crippen LogP contribution is 2.06. The lowest BCUT2D eigenvalue weighted by Crippen LogP contribution is -2.34. The van der Waals surface area contributed by atoms with Crippen molar-refractivity contribution in [2.75, 3.05) is 6.54 Å². The molecule has 0 aliphatic carbocycles. The van der Waals surface area contributed by atoms with E-state index in [9.17, 15) is 4.79 Å². The molecule has 0 heterocycles. The Morgan fingerprint density at radius 1 is 1.62 bits per heavy atom. The number of amides is 1. The van der Waals surface area contributed by atoms with Gasteiger partial charge >= 0.3 is 6.09 Å². The van der Waals surface area contributed by atoms with Crippen molar-refractivity contribution in [3.63, 3.8) is 0 Å². The quantitative estimate of drug-likeness (QED) is 0.534. The third-order valence-corrected chi connectivity index (χ3v) is 1.50. The average molecular weight is 183 g/mol. The Balaban J connectivity index is 3.70. The molecule has 1 amide bonds. The third kappa shape index (κ3) is 6.03. The number of rotatable bonds is 4. The number of nitrogens with one attached hydrogen (secondary N) is 1. The second-order valence-corrected chi connectivity index (χ2v) is 3.32. The van der Waals surface area contributed by atoms with E-state index in [1.54, 1.807) is 13.8 Å². The topological polar surface area (TPSA) is 38.3 Å². The summed E-state index contributed by atoms with van der Waals surface area (Å²) in [5.41, 5.74) is -0.823. The molecule has 0 rings (SSSR count). The van der Waals surface area contributed by atoms with Crippen LogP contribution in [0.4, 0.5) is 4.79 Å². The molecule has 0 unspecified atom stereocenters. The van der Waals surface area contributed by atoms with Crippen LogP contribution in [-0.2, 0) is 4.74 Å². The maximum Gasteiger partial charge on any atom is 0.408 e. The number of carbonyl (C=O) groups is 1. The summed E-state index contributed by atoms with van der Waals surface area (Å²) in [6, 6.07) is 0. The minimum Gasteiger partial charge on any atom is -0.430 e. The maximum absolute atomic E-state index is 11.1. The fourth-order valence-electron chi connectivity index (χ4n) is 0.665. The van der Waals surface area contributed by atoms with Gasteiger partial charge < -0.3 is 10.1 Å². The molecule has 3 nitrogen and oxygen atoms in total. The van der Waals surface area contributed by atoms with Crippen LogP contribution in [0.3, 0.4) is 0 Å². The molecule has 0 atom stereocenters. The molecule has 0 fully saturated rings. The second-order valence-electron chi connectivity index (χ2n) is 3.32. The lowest BCUT2D eigenvalue weighted by Gasteiger charge is -2.18. The van der Waals surface area contributed by atoms with Gasteiger partial charge in [-0.2, -0.15) is 0 Å². The van der Waals surface area contributed by atoms with Gasteiger partial charge in [0.25, 0.3) is 0 Å². The fraction of sp³-hybridized carbons (Fsp3) is 0.700. The fourth-order valence-corrected chi connectivity index (χ4v) is 0.665. The van der Waals surface area contributed by atoms with Gasteiger partial charge in [-0.15, -0.1) is 6.42 Å². The molecule has 13 heavy (non-hydrogen) atoms. The van der Waals surface area contributed by atoms with E-state index in [1.807, 2.05) is 0 Å². The van der Waals surface area contributed by atoms with E-state index >= 15 is 0 Å². The third-order valence-electron chi connectivity index (χ3n) is 1.50. The van der Waals surface area contributed by atoms with Gasteiger partial charge in [0, 0.05) is 6.54 Å². The molecule has 0 saturated heterocycles. The molecular weight excluding hydrogens is 166 g/mol. The highest BCUT2D eigenvalue weighted by molar-refractivity contribution is 5.68. The molecule has 0 aliphatic heterocycles. The summed E-state index contributed by atoms with van der Waals surface area (Å²) < 4.78 is 4.95. The first-order valence-electron chi connectivity index (χ1n) is 4.46. The monoisotopic (exact) mass is 183 g/mol. The van der Waals surface area contributed by atoms with Crippen molar-refractivity contribution < 1.29 is 9.53 Å². The standard InChI is InChI=1S/C10H17NO2/c1-5-7-8-11-9(12)13-10(3,4)6-2/h2H,5,7-8H2,1,3-4H3,(H,11,12). The van der Waals surface area contributed by atoms with E-state index in [1.165, 1.54) is 0 Å². The largest absolute Gasteiger partial charge is 0.430 e. The van der Waals surface area contributed by atoms with Gasteiger partial charge in [0.1, 0.15) is 0 Å². The lowest BCUT2D eigenvalue weighted by molar-refractivity contribution is 0.0782. The lowest BCUT2D eigenvalue weighted by atomic mass is 10.1. The van der Waals surface area contributed by atoms with E-state index in [0.29, 0.717) is 6.54 Å². The molecule has 0 saturated carbocycles. The number of terminal acetylenes is 1. The minimum absolute atomic E-state index is 0.448. The summed E-state index contributed by atoms with van der Waals surface area (Å²) in [7, 11) is 0. The van der Waals surface area contributed by atoms with Crippen LogP contribution in [-0.4, -0.2) is 18.2 Å². The summed E-state index contributed by atoms with van der Waals surface area (Å²) in [6.07, 6.45) is 6.70. The maximum atomic E-state index is 11.1.